The van der Waals surface area contributed by atoms with E-state index in [-0.39, 0.29) is 16.4 Å². The molecular formula is C21H25N3O4S. The molecule has 2 aromatic rings. The molecule has 0 aromatic heterocycles. The van der Waals surface area contributed by atoms with Crippen molar-refractivity contribution in [3.63, 3.8) is 0 Å². The van der Waals surface area contributed by atoms with Gasteiger partial charge in [0, 0.05) is 37.0 Å². The largest absolute Gasteiger partial charge is 0.326 e. The van der Waals surface area contributed by atoms with E-state index in [9.17, 15) is 18.0 Å². The second kappa shape index (κ2) is 8.75. The summed E-state index contributed by atoms with van der Waals surface area (Å²) < 4.78 is 27.6. The average Bonchev–Trinajstić information content (AvgIpc) is 2.70. The number of aryl methyl sites for hydroxylation is 1. The molecule has 1 saturated heterocycles. The molecule has 0 saturated carbocycles. The van der Waals surface area contributed by atoms with E-state index in [2.05, 4.69) is 10.6 Å². The second-order valence-corrected chi connectivity index (χ2v) is 9.06. The Morgan fingerprint density at radius 3 is 2.07 bits per heavy atom. The zero-order valence-electron chi connectivity index (χ0n) is 16.6. The van der Waals surface area contributed by atoms with E-state index in [1.54, 1.807) is 43.3 Å². The van der Waals surface area contributed by atoms with Crippen LogP contribution in [0.15, 0.2) is 47.4 Å². The minimum atomic E-state index is -3.63. The molecule has 2 N–H and O–H groups in total. The third-order valence-electron chi connectivity index (χ3n) is 4.85. The highest BCUT2D eigenvalue weighted by Gasteiger charge is 2.28. The number of carbonyl (C=O) groups is 2. The lowest BCUT2D eigenvalue weighted by Crippen LogP contribution is -2.36. The van der Waals surface area contributed by atoms with Crippen LogP contribution in [0.1, 0.15) is 42.1 Å². The molecule has 1 fully saturated rings. The van der Waals surface area contributed by atoms with Crippen LogP contribution in [-0.2, 0) is 14.8 Å². The van der Waals surface area contributed by atoms with Gasteiger partial charge in [-0.05, 0) is 61.7 Å². The first kappa shape index (κ1) is 21.0. The zero-order valence-corrected chi connectivity index (χ0v) is 17.4. The molecule has 8 heteroatoms. The molecule has 0 unspecified atom stereocenters. The number of nitrogens with one attached hydrogen (secondary N) is 2. The van der Waals surface area contributed by atoms with Gasteiger partial charge in [0.05, 0.1) is 4.90 Å². The third kappa shape index (κ3) is 5.02. The monoisotopic (exact) mass is 415 g/mol. The van der Waals surface area contributed by atoms with Crippen molar-refractivity contribution < 1.29 is 18.0 Å². The van der Waals surface area contributed by atoms with Crippen molar-refractivity contribution in [2.75, 3.05) is 23.7 Å². The van der Waals surface area contributed by atoms with Crippen LogP contribution in [0.5, 0.6) is 0 Å². The lowest BCUT2D eigenvalue weighted by molar-refractivity contribution is -0.114. The fourth-order valence-corrected chi connectivity index (χ4v) is 5.07. The molecule has 29 heavy (non-hydrogen) atoms. The number of nitrogens with zero attached hydrogens (tertiary/aromatic N) is 1. The van der Waals surface area contributed by atoms with Crippen molar-refractivity contribution in [1.29, 1.82) is 0 Å². The Kier molecular flexibility index (Phi) is 6.34. The van der Waals surface area contributed by atoms with E-state index in [4.69, 9.17) is 0 Å². The van der Waals surface area contributed by atoms with Crippen LogP contribution in [0.2, 0.25) is 0 Å². The molecule has 0 bridgehead atoms. The van der Waals surface area contributed by atoms with E-state index in [1.165, 1.54) is 17.3 Å². The van der Waals surface area contributed by atoms with Crippen molar-refractivity contribution in [3.05, 3.63) is 53.6 Å². The molecule has 3 rings (SSSR count). The van der Waals surface area contributed by atoms with Gasteiger partial charge < -0.3 is 10.6 Å². The molecule has 0 spiro atoms. The molecular weight excluding hydrogens is 390 g/mol. The first-order valence-electron chi connectivity index (χ1n) is 9.57. The van der Waals surface area contributed by atoms with Crippen LogP contribution in [0.25, 0.3) is 0 Å². The zero-order chi connectivity index (χ0) is 21.0. The maximum atomic E-state index is 13.0. The molecule has 1 aliphatic heterocycles. The van der Waals surface area contributed by atoms with Crippen molar-refractivity contribution >= 4 is 33.2 Å². The number of piperidine rings is 1. The summed E-state index contributed by atoms with van der Waals surface area (Å²) in [6.45, 7) is 4.18. The fraction of sp³-hybridized carbons (Fsp3) is 0.333. The quantitative estimate of drug-likeness (QED) is 0.783. The van der Waals surface area contributed by atoms with Crippen LogP contribution in [0.4, 0.5) is 11.4 Å². The predicted octanol–water partition coefficient (Wildman–Crippen LogP) is 3.38. The Balaban J connectivity index is 1.79. The van der Waals surface area contributed by atoms with Crippen molar-refractivity contribution in [2.45, 2.75) is 38.0 Å². The number of benzene rings is 2. The maximum Gasteiger partial charge on any atom is 0.255 e. The Morgan fingerprint density at radius 1 is 0.897 bits per heavy atom. The van der Waals surface area contributed by atoms with Crippen molar-refractivity contribution in [3.8, 4) is 0 Å². The van der Waals surface area contributed by atoms with Gasteiger partial charge in [-0.25, -0.2) is 8.42 Å². The number of hydrogen-bond donors (Lipinski definition) is 2. The van der Waals surface area contributed by atoms with Gasteiger partial charge in [-0.1, -0.05) is 12.5 Å². The second-order valence-electron chi connectivity index (χ2n) is 7.16. The summed E-state index contributed by atoms with van der Waals surface area (Å²) in [5, 5.41) is 5.41. The lowest BCUT2D eigenvalue weighted by atomic mass is 10.1. The number of anilines is 2. The molecule has 2 aromatic carbocycles. The molecule has 0 radical (unpaired) electrons. The molecule has 2 amide bonds. The van der Waals surface area contributed by atoms with E-state index in [0.717, 1.165) is 19.3 Å². The van der Waals surface area contributed by atoms with Gasteiger partial charge in [-0.2, -0.15) is 4.31 Å². The summed E-state index contributed by atoms with van der Waals surface area (Å²) >= 11 is 0. The Hall–Kier alpha value is -2.71. The Labute approximate surface area is 171 Å². The standard InChI is InChI=1S/C21H25N3O4S/c1-15-6-7-17(14-20(15)29(27,28)24-12-4-3-5-13-24)21(26)23-19-10-8-18(9-11-19)22-16(2)25/h6-11,14H,3-5,12-13H2,1-2H3,(H,22,25)(H,23,26). The van der Waals surface area contributed by atoms with Gasteiger partial charge in [0.15, 0.2) is 0 Å². The molecule has 7 nitrogen and oxygen atoms in total. The van der Waals surface area contributed by atoms with Crippen molar-refractivity contribution in [1.82, 2.24) is 4.31 Å². The first-order chi connectivity index (χ1) is 13.8. The lowest BCUT2D eigenvalue weighted by Gasteiger charge is -2.26. The van der Waals surface area contributed by atoms with Crippen LogP contribution >= 0.6 is 0 Å². The highest BCUT2D eigenvalue weighted by molar-refractivity contribution is 7.89. The highest BCUT2D eigenvalue weighted by Crippen LogP contribution is 2.25. The fourth-order valence-electron chi connectivity index (χ4n) is 3.31. The highest BCUT2D eigenvalue weighted by atomic mass is 32.2. The van der Waals surface area contributed by atoms with E-state index in [0.29, 0.717) is 30.0 Å². The molecule has 0 atom stereocenters. The minimum absolute atomic E-state index is 0.174. The summed E-state index contributed by atoms with van der Waals surface area (Å²) in [6.07, 6.45) is 2.74. The summed E-state index contributed by atoms with van der Waals surface area (Å²) in [4.78, 5) is 23.9. The first-order valence-corrected chi connectivity index (χ1v) is 11.0. The van der Waals surface area contributed by atoms with Gasteiger partial charge in [0.1, 0.15) is 0 Å². The predicted molar refractivity (Wildman–Crippen MR) is 112 cm³/mol. The van der Waals surface area contributed by atoms with E-state index < -0.39 is 15.9 Å². The summed E-state index contributed by atoms with van der Waals surface area (Å²) in [5.74, 6) is -0.573. The minimum Gasteiger partial charge on any atom is -0.326 e. The smallest absolute Gasteiger partial charge is 0.255 e. The van der Waals surface area contributed by atoms with Crippen LogP contribution < -0.4 is 10.6 Å². The Bertz CT molecular complexity index is 1010. The SMILES string of the molecule is CC(=O)Nc1ccc(NC(=O)c2ccc(C)c(S(=O)(=O)N3CCCCC3)c2)cc1. The number of amides is 2. The summed E-state index contributed by atoms with van der Waals surface area (Å²) in [6, 6.07) is 11.4. The molecule has 0 aliphatic carbocycles. The van der Waals surface area contributed by atoms with Crippen LogP contribution in [0.3, 0.4) is 0 Å². The number of rotatable bonds is 5. The van der Waals surface area contributed by atoms with Gasteiger partial charge in [0.2, 0.25) is 15.9 Å². The normalized spacial score (nSPS) is 15.0. The van der Waals surface area contributed by atoms with Crippen LogP contribution in [-0.4, -0.2) is 37.6 Å². The molecule has 1 heterocycles. The van der Waals surface area contributed by atoms with Gasteiger partial charge in [-0.15, -0.1) is 0 Å². The topological polar surface area (TPSA) is 95.6 Å². The van der Waals surface area contributed by atoms with E-state index in [1.807, 2.05) is 0 Å². The molecule has 154 valence electrons. The van der Waals surface area contributed by atoms with E-state index >= 15 is 0 Å². The van der Waals surface area contributed by atoms with Gasteiger partial charge >= 0.3 is 0 Å². The third-order valence-corrected chi connectivity index (χ3v) is 6.89. The van der Waals surface area contributed by atoms with Crippen LogP contribution in [0, 0.1) is 6.92 Å². The number of sulfonamides is 1. The number of carbonyl (C=O) groups excluding carboxylic acids is 2. The maximum absolute atomic E-state index is 13.0. The Morgan fingerprint density at radius 2 is 1.48 bits per heavy atom. The van der Waals surface area contributed by atoms with Gasteiger partial charge in [0.25, 0.3) is 5.91 Å². The average molecular weight is 416 g/mol. The molecule has 1 aliphatic rings. The summed E-state index contributed by atoms with van der Waals surface area (Å²) in [7, 11) is -3.63. The number of hydrogen-bond acceptors (Lipinski definition) is 4. The van der Waals surface area contributed by atoms with Crippen molar-refractivity contribution in [2.24, 2.45) is 0 Å². The van der Waals surface area contributed by atoms with Gasteiger partial charge in [-0.3, -0.25) is 9.59 Å². The summed E-state index contributed by atoms with van der Waals surface area (Å²) in [5.41, 5.74) is 2.06.